The standard InChI is InChI=1S/C14H19FN2O2/c1-17(8-9-4-3-5-9)13-6-10(14(18)19-2)12(16)7-11(13)15/h6-7,9H,3-5,8,16H2,1-2H3. The second-order valence-corrected chi connectivity index (χ2v) is 5.06. The van der Waals surface area contributed by atoms with Gasteiger partial charge in [0, 0.05) is 19.3 Å². The van der Waals surface area contributed by atoms with E-state index < -0.39 is 11.8 Å². The zero-order chi connectivity index (χ0) is 14.0. The third-order valence-corrected chi connectivity index (χ3v) is 3.69. The molecule has 0 atom stereocenters. The molecule has 0 heterocycles. The molecule has 1 saturated carbocycles. The van der Waals surface area contributed by atoms with Crippen LogP contribution in [0, 0.1) is 11.7 Å². The Balaban J connectivity index is 2.25. The molecule has 0 unspecified atom stereocenters. The molecule has 2 rings (SSSR count). The number of benzene rings is 1. The first kappa shape index (κ1) is 13.6. The summed E-state index contributed by atoms with van der Waals surface area (Å²) in [5.74, 6) is -0.341. The van der Waals surface area contributed by atoms with Crippen LogP contribution < -0.4 is 10.6 Å². The Kier molecular flexibility index (Phi) is 3.93. The van der Waals surface area contributed by atoms with E-state index in [1.54, 1.807) is 0 Å². The minimum Gasteiger partial charge on any atom is -0.465 e. The zero-order valence-electron chi connectivity index (χ0n) is 11.3. The van der Waals surface area contributed by atoms with Crippen molar-refractivity contribution in [2.75, 3.05) is 31.3 Å². The molecule has 0 aromatic heterocycles. The van der Waals surface area contributed by atoms with E-state index in [4.69, 9.17) is 5.73 Å². The number of esters is 1. The van der Waals surface area contributed by atoms with Crippen LogP contribution in [0.2, 0.25) is 0 Å². The maximum Gasteiger partial charge on any atom is 0.340 e. The van der Waals surface area contributed by atoms with Gasteiger partial charge in [0.25, 0.3) is 0 Å². The van der Waals surface area contributed by atoms with Crippen molar-refractivity contribution in [2.24, 2.45) is 5.92 Å². The molecule has 0 spiro atoms. The molecular weight excluding hydrogens is 247 g/mol. The Morgan fingerprint density at radius 2 is 2.21 bits per heavy atom. The molecule has 0 bridgehead atoms. The van der Waals surface area contributed by atoms with Gasteiger partial charge in [-0.15, -0.1) is 0 Å². The predicted molar refractivity (Wildman–Crippen MR) is 72.8 cm³/mol. The Hall–Kier alpha value is -1.78. The van der Waals surface area contributed by atoms with Crippen molar-refractivity contribution in [1.82, 2.24) is 0 Å². The number of nitrogens with two attached hydrogens (primary N) is 1. The van der Waals surface area contributed by atoms with E-state index in [9.17, 15) is 9.18 Å². The van der Waals surface area contributed by atoms with Crippen molar-refractivity contribution in [1.29, 1.82) is 0 Å². The summed E-state index contributed by atoms with van der Waals surface area (Å²) in [6.45, 7) is 0.793. The normalized spacial score (nSPS) is 14.9. The number of hydrogen-bond donors (Lipinski definition) is 1. The van der Waals surface area contributed by atoms with Gasteiger partial charge in [0.1, 0.15) is 5.82 Å². The van der Waals surface area contributed by atoms with Gasteiger partial charge < -0.3 is 15.4 Å². The highest BCUT2D eigenvalue weighted by Crippen LogP contribution is 2.30. The molecule has 1 aliphatic rings. The summed E-state index contributed by atoms with van der Waals surface area (Å²) in [4.78, 5) is 13.4. The topological polar surface area (TPSA) is 55.6 Å². The summed E-state index contributed by atoms with van der Waals surface area (Å²) in [5, 5.41) is 0. The summed E-state index contributed by atoms with van der Waals surface area (Å²) in [6, 6.07) is 2.65. The van der Waals surface area contributed by atoms with Crippen LogP contribution >= 0.6 is 0 Å². The predicted octanol–water partition coefficient (Wildman–Crippen LogP) is 2.43. The second kappa shape index (κ2) is 5.47. The van der Waals surface area contributed by atoms with E-state index in [-0.39, 0.29) is 11.3 Å². The van der Waals surface area contributed by atoms with Crippen LogP contribution in [0.1, 0.15) is 29.6 Å². The average molecular weight is 266 g/mol. The van der Waals surface area contributed by atoms with Gasteiger partial charge in [-0.05, 0) is 30.9 Å². The Bertz CT molecular complexity index is 487. The molecule has 1 fully saturated rings. The van der Waals surface area contributed by atoms with Gasteiger partial charge in [-0.2, -0.15) is 0 Å². The molecule has 4 nitrogen and oxygen atoms in total. The van der Waals surface area contributed by atoms with E-state index in [1.165, 1.54) is 38.5 Å². The van der Waals surface area contributed by atoms with E-state index in [0.717, 1.165) is 6.54 Å². The summed E-state index contributed by atoms with van der Waals surface area (Å²) < 4.78 is 18.6. The average Bonchev–Trinajstić information content (AvgIpc) is 2.32. The van der Waals surface area contributed by atoms with Crippen LogP contribution in [0.5, 0.6) is 0 Å². The fourth-order valence-electron chi connectivity index (χ4n) is 2.32. The molecule has 1 aromatic carbocycles. The van der Waals surface area contributed by atoms with Gasteiger partial charge in [-0.25, -0.2) is 9.18 Å². The lowest BCUT2D eigenvalue weighted by Crippen LogP contribution is -2.30. The summed E-state index contributed by atoms with van der Waals surface area (Å²) in [5.41, 5.74) is 6.35. The smallest absolute Gasteiger partial charge is 0.340 e. The van der Waals surface area contributed by atoms with E-state index >= 15 is 0 Å². The minimum absolute atomic E-state index is 0.102. The third kappa shape index (κ3) is 2.80. The summed E-state index contributed by atoms with van der Waals surface area (Å²) in [7, 11) is 3.11. The van der Waals surface area contributed by atoms with Crippen LogP contribution in [0.15, 0.2) is 12.1 Å². The van der Waals surface area contributed by atoms with Crippen molar-refractivity contribution < 1.29 is 13.9 Å². The molecule has 0 aliphatic heterocycles. The highest BCUT2D eigenvalue weighted by atomic mass is 19.1. The van der Waals surface area contributed by atoms with Gasteiger partial charge in [0.2, 0.25) is 0 Å². The zero-order valence-corrected chi connectivity index (χ0v) is 11.3. The monoisotopic (exact) mass is 266 g/mol. The Morgan fingerprint density at radius 3 is 2.74 bits per heavy atom. The van der Waals surface area contributed by atoms with Crippen molar-refractivity contribution in [2.45, 2.75) is 19.3 Å². The van der Waals surface area contributed by atoms with Crippen LogP contribution in [-0.2, 0) is 4.74 Å². The van der Waals surface area contributed by atoms with Gasteiger partial charge >= 0.3 is 5.97 Å². The fraction of sp³-hybridized carbons (Fsp3) is 0.500. The Morgan fingerprint density at radius 1 is 1.53 bits per heavy atom. The molecule has 0 amide bonds. The third-order valence-electron chi connectivity index (χ3n) is 3.69. The molecule has 104 valence electrons. The number of anilines is 2. The van der Waals surface area contributed by atoms with Crippen molar-refractivity contribution in [3.05, 3.63) is 23.5 Å². The van der Waals surface area contributed by atoms with Gasteiger partial charge in [-0.3, -0.25) is 0 Å². The number of nitrogens with zero attached hydrogens (tertiary/aromatic N) is 1. The molecule has 0 saturated heterocycles. The molecule has 5 heteroatoms. The number of hydrogen-bond acceptors (Lipinski definition) is 4. The lowest BCUT2D eigenvalue weighted by Gasteiger charge is -2.31. The highest BCUT2D eigenvalue weighted by Gasteiger charge is 2.22. The van der Waals surface area contributed by atoms with Crippen molar-refractivity contribution >= 4 is 17.3 Å². The van der Waals surface area contributed by atoms with E-state index in [1.807, 2.05) is 11.9 Å². The van der Waals surface area contributed by atoms with Crippen LogP contribution in [0.25, 0.3) is 0 Å². The van der Waals surface area contributed by atoms with Gasteiger partial charge in [0.15, 0.2) is 0 Å². The minimum atomic E-state index is -0.546. The lowest BCUT2D eigenvalue weighted by molar-refractivity contribution is 0.0602. The van der Waals surface area contributed by atoms with Crippen molar-refractivity contribution in [3.63, 3.8) is 0 Å². The Labute approximate surface area is 112 Å². The number of nitrogen functional groups attached to an aromatic ring is 1. The van der Waals surface area contributed by atoms with Gasteiger partial charge in [-0.1, -0.05) is 6.42 Å². The first-order valence-electron chi connectivity index (χ1n) is 6.41. The number of carbonyl (C=O) groups is 1. The van der Waals surface area contributed by atoms with Crippen molar-refractivity contribution in [3.8, 4) is 0 Å². The second-order valence-electron chi connectivity index (χ2n) is 5.06. The molecule has 1 aromatic rings. The first-order valence-corrected chi connectivity index (χ1v) is 6.41. The maximum atomic E-state index is 13.9. The van der Waals surface area contributed by atoms with E-state index in [0.29, 0.717) is 11.6 Å². The lowest BCUT2D eigenvalue weighted by atomic mass is 9.85. The number of methoxy groups -OCH3 is 1. The van der Waals surface area contributed by atoms with E-state index in [2.05, 4.69) is 4.74 Å². The SMILES string of the molecule is COC(=O)c1cc(N(C)CC2CCC2)c(F)cc1N. The molecule has 19 heavy (non-hydrogen) atoms. The van der Waals surface area contributed by atoms with Crippen LogP contribution in [0.3, 0.4) is 0 Å². The van der Waals surface area contributed by atoms with Crippen LogP contribution in [0.4, 0.5) is 15.8 Å². The van der Waals surface area contributed by atoms with Crippen LogP contribution in [-0.4, -0.2) is 26.7 Å². The first-order chi connectivity index (χ1) is 9.02. The molecule has 0 radical (unpaired) electrons. The molecule has 2 N–H and O–H groups in total. The number of carbonyl (C=O) groups excluding carboxylic acids is 1. The number of ether oxygens (including phenoxy) is 1. The number of halogens is 1. The molecular formula is C14H19FN2O2. The highest BCUT2D eigenvalue weighted by molar-refractivity contribution is 5.96. The maximum absolute atomic E-state index is 13.9. The quantitative estimate of drug-likeness (QED) is 0.671. The van der Waals surface area contributed by atoms with Gasteiger partial charge in [0.05, 0.1) is 18.4 Å². The molecule has 1 aliphatic carbocycles. The summed E-state index contributed by atoms with van der Waals surface area (Å²) in [6.07, 6.45) is 3.62. The summed E-state index contributed by atoms with van der Waals surface area (Å²) >= 11 is 0. The number of rotatable bonds is 4. The largest absolute Gasteiger partial charge is 0.465 e. The fourth-order valence-corrected chi connectivity index (χ4v) is 2.32.